The molecule has 1 fully saturated rings. The smallest absolute Gasteiger partial charge is 0.370 e. The van der Waals surface area contributed by atoms with E-state index in [1.54, 1.807) is 0 Å². The monoisotopic (exact) mass is 367 g/mol. The molecule has 5 nitrogen and oxygen atoms in total. The number of carbonyl (C=O) groups excluding carboxylic acids is 1. The first kappa shape index (κ1) is 19.0. The Morgan fingerprint density at radius 2 is 2.04 bits per heavy atom. The van der Waals surface area contributed by atoms with Crippen LogP contribution in [0, 0.1) is 0 Å². The molecule has 2 rings (SSSR count). The number of hydrogen-bond acceptors (Lipinski definition) is 2. The third-order valence-electron chi connectivity index (χ3n) is 3.79. The topological polar surface area (TPSA) is 59.4 Å². The molecule has 0 bridgehead atoms. The summed E-state index contributed by atoms with van der Waals surface area (Å²) < 4.78 is 43.6. The van der Waals surface area contributed by atoms with Gasteiger partial charge >= 0.3 is 6.18 Å². The Bertz CT molecular complexity index is 563. The van der Waals surface area contributed by atoms with Gasteiger partial charge in [0.05, 0.1) is 23.8 Å². The fraction of sp³-hybridized carbons (Fsp3) is 0.533. The fourth-order valence-electron chi connectivity index (χ4n) is 2.48. The molecule has 0 radical (unpaired) electrons. The van der Waals surface area contributed by atoms with Crippen LogP contribution in [0.25, 0.3) is 0 Å². The van der Waals surface area contributed by atoms with E-state index in [-0.39, 0.29) is 23.2 Å². The molecule has 4 N–H and O–H groups in total. The number of halogens is 4. The van der Waals surface area contributed by atoms with E-state index in [0.29, 0.717) is 0 Å². The Labute approximate surface area is 143 Å². The molecule has 9 heteroatoms. The zero-order valence-corrected chi connectivity index (χ0v) is 13.8. The minimum Gasteiger partial charge on any atom is -0.370 e. The average molecular weight is 368 g/mol. The van der Waals surface area contributed by atoms with E-state index < -0.39 is 11.7 Å². The molecular weight excluding hydrogens is 347 g/mol. The van der Waals surface area contributed by atoms with Gasteiger partial charge in [-0.15, -0.1) is 0 Å². The molecule has 0 unspecified atom stereocenters. The second-order valence-corrected chi connectivity index (χ2v) is 6.04. The van der Waals surface area contributed by atoms with Crippen molar-refractivity contribution in [3.8, 4) is 0 Å². The van der Waals surface area contributed by atoms with E-state index in [9.17, 15) is 18.0 Å². The van der Waals surface area contributed by atoms with Crippen molar-refractivity contribution >= 4 is 23.2 Å². The Kier molecular flexibility index (Phi) is 6.85. The predicted molar refractivity (Wildman–Crippen MR) is 83.1 cm³/mol. The molecule has 24 heavy (non-hydrogen) atoms. The molecule has 1 heterocycles. The number of nitrogens with two attached hydrogens (primary N) is 1. The minimum atomic E-state index is -4.55. The number of alkyl halides is 3. The summed E-state index contributed by atoms with van der Waals surface area (Å²) in [7, 11) is 0. The number of ether oxygens (including phenoxy) is 1. The first-order valence-corrected chi connectivity index (χ1v) is 8.13. The lowest BCUT2D eigenvalue weighted by Crippen LogP contribution is -3.16. The summed E-state index contributed by atoms with van der Waals surface area (Å²) in [6.45, 7) is 5.30. The molecule has 1 aliphatic heterocycles. The van der Waals surface area contributed by atoms with Gasteiger partial charge in [-0.1, -0.05) is 11.6 Å². The molecule has 1 aromatic carbocycles. The second kappa shape index (κ2) is 8.66. The number of quaternary nitrogens is 2. The first-order valence-electron chi connectivity index (χ1n) is 7.76. The molecule has 134 valence electrons. The molecule has 1 amide bonds. The lowest BCUT2D eigenvalue weighted by atomic mass is 10.2. The Morgan fingerprint density at radius 3 is 2.71 bits per heavy atom. The van der Waals surface area contributed by atoms with Crippen molar-refractivity contribution in [2.24, 2.45) is 0 Å². The zero-order valence-electron chi connectivity index (χ0n) is 13.1. The normalized spacial score (nSPS) is 16.2. The minimum absolute atomic E-state index is 0.0870. The summed E-state index contributed by atoms with van der Waals surface area (Å²) >= 11 is 5.54. The SMILES string of the molecule is O=C(C[NH2+]CC[NH+]1CCOCC1)Nc1ccc(Cl)c(C(F)(F)F)c1. The van der Waals surface area contributed by atoms with Gasteiger partial charge in [-0.3, -0.25) is 4.79 Å². The number of morpholine rings is 1. The van der Waals surface area contributed by atoms with E-state index in [4.69, 9.17) is 16.3 Å². The lowest BCUT2D eigenvalue weighted by Gasteiger charge is -2.22. The molecular formula is C15H21ClF3N3O2+2. The van der Waals surface area contributed by atoms with Gasteiger partial charge in [0, 0.05) is 5.69 Å². The standard InChI is InChI=1S/C15H19ClF3N3O2/c16-13-2-1-11(9-12(13)15(17,18)19)21-14(23)10-20-3-4-22-5-7-24-8-6-22/h1-2,9,20H,3-8,10H2,(H,21,23)/p+2. The molecule has 1 aliphatic rings. The van der Waals surface area contributed by atoms with Crippen molar-refractivity contribution < 1.29 is 32.9 Å². The summed E-state index contributed by atoms with van der Waals surface area (Å²) in [5, 5.41) is 3.92. The van der Waals surface area contributed by atoms with Crippen LogP contribution < -0.4 is 15.5 Å². The number of amides is 1. The number of carbonyl (C=O) groups is 1. The number of anilines is 1. The summed E-state index contributed by atoms with van der Waals surface area (Å²) in [5.74, 6) is -0.345. The van der Waals surface area contributed by atoms with Gasteiger partial charge in [0.15, 0.2) is 6.54 Å². The summed E-state index contributed by atoms with van der Waals surface area (Å²) in [5.41, 5.74) is -0.870. The Balaban J connectivity index is 1.76. The van der Waals surface area contributed by atoms with Crippen LogP contribution in [0.5, 0.6) is 0 Å². The molecule has 1 saturated heterocycles. The maximum absolute atomic E-state index is 12.8. The van der Waals surface area contributed by atoms with Gasteiger partial charge in [0.1, 0.15) is 26.2 Å². The van der Waals surface area contributed by atoms with Crippen LogP contribution >= 0.6 is 11.6 Å². The molecule has 0 atom stereocenters. The van der Waals surface area contributed by atoms with Crippen molar-refractivity contribution in [3.05, 3.63) is 28.8 Å². The van der Waals surface area contributed by atoms with Crippen molar-refractivity contribution in [1.29, 1.82) is 0 Å². The molecule has 0 saturated carbocycles. The summed E-state index contributed by atoms with van der Waals surface area (Å²) in [6.07, 6.45) is -4.55. The third-order valence-corrected chi connectivity index (χ3v) is 4.12. The number of benzene rings is 1. The van der Waals surface area contributed by atoms with Crippen molar-refractivity contribution in [2.75, 3.05) is 51.3 Å². The fourth-order valence-corrected chi connectivity index (χ4v) is 2.71. The largest absolute Gasteiger partial charge is 0.417 e. The summed E-state index contributed by atoms with van der Waals surface area (Å²) in [6, 6.07) is 3.33. The van der Waals surface area contributed by atoms with Crippen LogP contribution in [-0.4, -0.2) is 51.8 Å². The van der Waals surface area contributed by atoms with E-state index in [2.05, 4.69) is 5.32 Å². The quantitative estimate of drug-likeness (QED) is 0.609. The highest BCUT2D eigenvalue weighted by atomic mass is 35.5. The van der Waals surface area contributed by atoms with Gasteiger partial charge < -0.3 is 20.3 Å². The maximum atomic E-state index is 12.8. The Hall–Kier alpha value is -1.35. The molecule has 0 aromatic heterocycles. The van der Waals surface area contributed by atoms with Crippen LogP contribution in [0.3, 0.4) is 0 Å². The van der Waals surface area contributed by atoms with Crippen molar-refractivity contribution in [1.82, 2.24) is 0 Å². The predicted octanol–water partition coefficient (Wildman–Crippen LogP) is -0.224. The van der Waals surface area contributed by atoms with Crippen LogP contribution in [0.1, 0.15) is 5.56 Å². The van der Waals surface area contributed by atoms with Crippen LogP contribution in [0.4, 0.5) is 18.9 Å². The van der Waals surface area contributed by atoms with Gasteiger partial charge in [0.25, 0.3) is 5.91 Å². The van der Waals surface area contributed by atoms with Crippen LogP contribution in [0.2, 0.25) is 5.02 Å². The van der Waals surface area contributed by atoms with Gasteiger partial charge in [0.2, 0.25) is 0 Å². The first-order chi connectivity index (χ1) is 11.4. The highest BCUT2D eigenvalue weighted by Crippen LogP contribution is 2.36. The zero-order chi connectivity index (χ0) is 17.6. The highest BCUT2D eigenvalue weighted by molar-refractivity contribution is 6.31. The van der Waals surface area contributed by atoms with Gasteiger partial charge in [-0.25, -0.2) is 0 Å². The van der Waals surface area contributed by atoms with E-state index in [1.165, 1.54) is 11.0 Å². The Morgan fingerprint density at radius 1 is 1.33 bits per heavy atom. The van der Waals surface area contributed by atoms with E-state index in [0.717, 1.165) is 51.5 Å². The maximum Gasteiger partial charge on any atom is 0.417 e. The number of hydrogen-bond donors (Lipinski definition) is 3. The molecule has 0 spiro atoms. The number of nitrogens with one attached hydrogen (secondary N) is 2. The van der Waals surface area contributed by atoms with E-state index >= 15 is 0 Å². The van der Waals surface area contributed by atoms with Gasteiger partial charge in [-0.2, -0.15) is 13.2 Å². The highest BCUT2D eigenvalue weighted by Gasteiger charge is 2.33. The van der Waals surface area contributed by atoms with E-state index in [1.807, 2.05) is 5.32 Å². The third kappa shape index (κ3) is 5.94. The van der Waals surface area contributed by atoms with Gasteiger partial charge in [-0.05, 0) is 18.2 Å². The van der Waals surface area contributed by atoms with Crippen molar-refractivity contribution in [2.45, 2.75) is 6.18 Å². The number of rotatable bonds is 6. The van der Waals surface area contributed by atoms with Crippen LogP contribution in [-0.2, 0) is 15.7 Å². The second-order valence-electron chi connectivity index (χ2n) is 5.63. The average Bonchev–Trinajstić information content (AvgIpc) is 2.53. The molecule has 0 aliphatic carbocycles. The van der Waals surface area contributed by atoms with Crippen molar-refractivity contribution in [3.63, 3.8) is 0 Å². The van der Waals surface area contributed by atoms with Crippen LogP contribution in [0.15, 0.2) is 18.2 Å². The lowest BCUT2D eigenvalue weighted by molar-refractivity contribution is -0.919. The molecule has 1 aromatic rings. The summed E-state index contributed by atoms with van der Waals surface area (Å²) in [4.78, 5) is 13.3.